The van der Waals surface area contributed by atoms with E-state index in [1.165, 1.54) is 0 Å². The molecule has 2 N–H and O–H groups in total. The second kappa shape index (κ2) is 44.6. The standard InChI is InChI=1S/C60H38N2O5.C39H17NO2.44H2/c1-5-6-7-8-9-10-11-12-13-14-15-16-17-18-19-20-21-22-23-28-37-65-51-40-47(4)39-49(42-51)43-62-36-35-50-41-48(33-34-58(50)62)44-67-61-57(38-46(2)3)59(63)60(64)66-45-56-54-31-26-24-29-52(54)53-30-25-27-32-55(53)56;1-3-4-5-6-7-8-9-10-11-12-13-14-15-16-17-18-19-20-21-22-27-42-38-29-34(2)28-36(31-38)32-40-26-25-37-30-35(33-41)23-24-39(37)40;;;;;;;;;;;;;;;;;;;;;;;;;;;;;;;;;;;;;;;;;;;;/h1,24-27,29-36,39-42,46,56-57,61H,38,43-45H2,2-4H3;1,23-26,28-31,41H,32-33H2,2H3;44*1H/t57-;;;;;;;;;;;;;;;;;;;;;;;;;;;;;;;;;;;;;;;;;;;;;/m0............................................./s1. The van der Waals surface area contributed by atoms with Crippen LogP contribution in [0.2, 0.25) is 0 Å². The average Bonchev–Trinajstić information content (AvgIpc) is 1.59. The third-order valence-electron chi connectivity index (χ3n) is 14.6. The summed E-state index contributed by atoms with van der Waals surface area (Å²) >= 11 is 0. The monoisotopic (exact) mass is 1490 g/mol. The molecule has 2 heterocycles. The number of hydrogen-bond acceptors (Lipinski definition) is 8. The van der Waals surface area contributed by atoms with Crippen LogP contribution in [0.1, 0.15) is 133 Å². The Hall–Kier alpha value is -16.7. The van der Waals surface area contributed by atoms with Gasteiger partial charge in [0.25, 0.3) is 5.78 Å². The van der Waals surface area contributed by atoms with Gasteiger partial charge in [0.15, 0.2) is 0 Å². The summed E-state index contributed by atoms with van der Waals surface area (Å²) in [6.45, 7) is 9.52. The smallest absolute Gasteiger partial charge is 0.376 e. The van der Waals surface area contributed by atoms with Crippen LogP contribution in [0.5, 0.6) is 11.5 Å². The van der Waals surface area contributed by atoms with Gasteiger partial charge in [-0.15, -0.1) is 12.8 Å². The zero-order chi connectivity index (χ0) is 76.7. The van der Waals surface area contributed by atoms with Gasteiger partial charge < -0.3 is 28.5 Å². The third kappa shape index (κ3) is 27.0. The molecule has 596 valence electrons. The molecule has 0 unspecified atom stereocenters. The number of nitrogens with zero attached hydrogens (tertiary/aromatic N) is 2. The topological polar surface area (TPSA) is 113 Å². The quantitative estimate of drug-likeness (QED) is 0.0401. The van der Waals surface area contributed by atoms with E-state index >= 15 is 0 Å². The van der Waals surface area contributed by atoms with Crippen LogP contribution < -0.4 is 15.0 Å². The van der Waals surface area contributed by atoms with Crippen molar-refractivity contribution in [2.45, 2.75) is 72.4 Å². The number of terminal acetylenes is 2. The Labute approximate surface area is 703 Å². The van der Waals surface area contributed by atoms with Crippen LogP contribution in [0.15, 0.2) is 146 Å². The Morgan fingerprint density at radius 3 is 1.20 bits per heavy atom. The number of Topliss-reactive ketones (excluding diaryl/α,β-unsaturated/α-hetero) is 1. The summed E-state index contributed by atoms with van der Waals surface area (Å²) in [5, 5.41) is 11.5. The van der Waals surface area contributed by atoms with Crippen molar-refractivity contribution in [1.29, 1.82) is 0 Å². The third-order valence-corrected chi connectivity index (χ3v) is 14.6. The molecule has 10 heteroatoms. The number of fused-ring (bicyclic) bond motifs is 5. The van der Waals surface area contributed by atoms with E-state index in [0.29, 0.717) is 31.0 Å². The Bertz CT molecular complexity index is 6510. The zero-order valence-electron chi connectivity index (χ0n) is 59.3. The first kappa shape index (κ1) is 78.1. The van der Waals surface area contributed by atoms with E-state index in [0.717, 1.165) is 77.4 Å². The molecular weight excluding hydrogens is 1340 g/mol. The molecule has 0 saturated heterocycles. The van der Waals surface area contributed by atoms with Gasteiger partial charge in [-0.25, -0.2) is 4.79 Å². The Kier molecular flexibility index (Phi) is 31.9. The number of ether oxygens (including phenoxy) is 3. The molecule has 0 spiro atoms. The summed E-state index contributed by atoms with van der Waals surface area (Å²) in [5.74, 6) is 99.7. The summed E-state index contributed by atoms with van der Waals surface area (Å²) in [6.07, 6.45) is 19.6. The summed E-state index contributed by atoms with van der Waals surface area (Å²) in [7, 11) is 0. The van der Waals surface area contributed by atoms with Gasteiger partial charge in [0.2, 0.25) is 0 Å². The molecule has 6 aromatic carbocycles. The predicted octanol–water partition coefficient (Wildman–Crippen LogP) is 21.7. The van der Waals surface area contributed by atoms with E-state index in [1.807, 2.05) is 149 Å². The van der Waals surface area contributed by atoms with Gasteiger partial charge in [-0.2, -0.15) is 5.48 Å². The number of rotatable bonds is 17. The molecule has 1 aliphatic rings. The number of ketones is 1. The number of carbonyl (C=O) groups is 2. The van der Waals surface area contributed by atoms with Crippen molar-refractivity contribution in [2.24, 2.45) is 5.92 Å². The molecule has 10 nitrogen and oxygen atoms in total. The van der Waals surface area contributed by atoms with Crippen molar-refractivity contribution in [3.63, 3.8) is 0 Å². The number of aliphatic hydroxyl groups excluding tert-OH is 1. The highest BCUT2D eigenvalue weighted by atomic mass is 16.6. The van der Waals surface area contributed by atoms with Crippen LogP contribution in [0, 0.1) is 282 Å². The van der Waals surface area contributed by atoms with Crippen LogP contribution in [0.4, 0.5) is 0 Å². The maximum Gasteiger partial charge on any atom is 0.376 e. The fourth-order valence-electron chi connectivity index (χ4n) is 10.4. The number of hydrogen-bond donors (Lipinski definition) is 2. The highest BCUT2D eigenvalue weighted by Gasteiger charge is 2.32. The van der Waals surface area contributed by atoms with E-state index in [4.69, 9.17) is 31.9 Å². The molecular formula is C99H143N3O7. The van der Waals surface area contributed by atoms with Crippen LogP contribution >= 0.6 is 0 Å². The molecule has 109 heavy (non-hydrogen) atoms. The maximum atomic E-state index is 13.4. The van der Waals surface area contributed by atoms with Gasteiger partial charge in [0.05, 0.1) is 13.2 Å². The van der Waals surface area contributed by atoms with Crippen LogP contribution in [-0.4, -0.2) is 38.6 Å². The molecule has 0 bridgehead atoms. The molecule has 0 saturated carbocycles. The number of nitrogens with one attached hydrogen (secondary N) is 1. The van der Waals surface area contributed by atoms with E-state index < -0.39 is 17.8 Å². The van der Waals surface area contributed by atoms with Gasteiger partial charge >= 0.3 is 5.97 Å². The summed E-state index contributed by atoms with van der Waals surface area (Å²) in [4.78, 5) is 32.4. The zero-order valence-corrected chi connectivity index (χ0v) is 59.3. The van der Waals surface area contributed by atoms with Gasteiger partial charge in [-0.3, -0.25) is 9.63 Å². The van der Waals surface area contributed by atoms with E-state index in [9.17, 15) is 14.7 Å². The molecule has 0 fully saturated rings. The summed E-state index contributed by atoms with van der Waals surface area (Å²) in [5.41, 5.74) is 15.4. The van der Waals surface area contributed by atoms with Gasteiger partial charge in [-0.05, 0) is 248 Å². The molecule has 0 amide bonds. The number of carbonyl (C=O) groups excluding carboxylic acids is 2. The first-order chi connectivity index (χ1) is 53.5. The fourth-order valence-corrected chi connectivity index (χ4v) is 10.4. The molecule has 0 radical (unpaired) electrons. The minimum absolute atomic E-state index is 0. The highest BCUT2D eigenvalue weighted by molar-refractivity contribution is 6.35. The van der Waals surface area contributed by atoms with Crippen molar-refractivity contribution in [1.82, 2.24) is 14.6 Å². The van der Waals surface area contributed by atoms with Crippen molar-refractivity contribution in [3.8, 4) is 285 Å². The highest BCUT2D eigenvalue weighted by Crippen LogP contribution is 2.44. The van der Waals surface area contributed by atoms with E-state index in [2.05, 4.69) is 288 Å². The Balaban J connectivity index is -0.0000000409. The van der Waals surface area contributed by atoms with Gasteiger partial charge in [-0.1, -0.05) is 86.6 Å². The van der Waals surface area contributed by atoms with Gasteiger partial charge in [0, 0.05) is 247 Å². The number of aromatic nitrogens is 2. The largest absolute Gasteiger partial charge is 0.459 e. The SMILES string of the molecule is C#CC#CC#CC#CC#CC#CC#CC#CC#CC#CC#COc1cc(C)cc(Cn2ccc3cc(CO)ccc32)c1.C#CC#CC#CC#CC#CC#CC#CC#CC#CC#CC#COc1cc(C)cc(Cn2ccc3cc(CON[C@@H](CC(C)C)C(=O)C(=O)OCC4c5ccccc5-c5ccccc54)ccc32)c1.[HH].[HH].[HH].[HH].[HH].[HH].[HH].[HH].[HH].[HH].[HH].[HH].[HH].[HH].[HH].[HH].[HH].[HH].[HH].[HH].[HH].[HH].[HH].[HH].[HH].[HH].[HH].[HH].[HH].[HH].[HH].[HH].[HH].[HH].[HH].[HH].[HH].[HH].[HH].[HH].[HH].[HH].[HH].[HH]. The minimum atomic E-state index is -0.878. The van der Waals surface area contributed by atoms with Crippen LogP contribution in [0.25, 0.3) is 32.9 Å². The van der Waals surface area contributed by atoms with Crippen LogP contribution in [0.3, 0.4) is 0 Å². The number of esters is 1. The molecule has 9 rings (SSSR count). The lowest BCUT2D eigenvalue weighted by Gasteiger charge is -2.19. The normalized spacial score (nSPS) is 9.14. The van der Waals surface area contributed by atoms with Crippen molar-refractivity contribution in [3.05, 3.63) is 190 Å². The Morgan fingerprint density at radius 2 is 0.817 bits per heavy atom. The fraction of sp³-hybridized carbons (Fsp3) is 0.131. The molecule has 8 aromatic rings. The number of benzene rings is 6. The summed E-state index contributed by atoms with van der Waals surface area (Å²) < 4.78 is 21.2. The minimum Gasteiger partial charge on any atom is -0.459 e. The van der Waals surface area contributed by atoms with Crippen molar-refractivity contribution in [2.75, 3.05) is 6.61 Å². The second-order valence-corrected chi connectivity index (χ2v) is 22.9. The lowest BCUT2D eigenvalue weighted by molar-refractivity contribution is -0.157. The van der Waals surface area contributed by atoms with E-state index in [-0.39, 0.29) is 94.4 Å². The van der Waals surface area contributed by atoms with Gasteiger partial charge in [0.1, 0.15) is 36.4 Å². The maximum absolute atomic E-state index is 13.4. The average molecular weight is 1490 g/mol. The Morgan fingerprint density at radius 1 is 0.450 bits per heavy atom. The number of hydroxylamine groups is 1. The second-order valence-electron chi connectivity index (χ2n) is 22.9. The first-order valence-electron chi connectivity index (χ1n) is 33.0. The predicted molar refractivity (Wildman–Crippen MR) is 519 cm³/mol. The number of aliphatic hydroxyl groups is 1. The molecule has 0 aliphatic heterocycles. The summed E-state index contributed by atoms with van der Waals surface area (Å²) in [6, 6.07) is 43.3. The lowest BCUT2D eigenvalue weighted by Crippen LogP contribution is -2.42. The first-order valence-corrected chi connectivity index (χ1v) is 33.0. The molecule has 2 aromatic heterocycles. The molecule has 1 aliphatic carbocycles. The number of aryl methyl sites for hydroxylation is 2. The van der Waals surface area contributed by atoms with Crippen LogP contribution in [-0.2, 0) is 45.5 Å². The molecule has 1 atom stereocenters. The van der Waals surface area contributed by atoms with Crippen molar-refractivity contribution >= 4 is 33.6 Å². The van der Waals surface area contributed by atoms with Crippen molar-refractivity contribution < 1.29 is 96.5 Å². The lowest BCUT2D eigenvalue weighted by atomic mass is 9.98. The van der Waals surface area contributed by atoms with E-state index in [1.54, 1.807) is 0 Å².